The number of methoxy groups -OCH3 is 2. The third-order valence-electron chi connectivity index (χ3n) is 5.24. The van der Waals surface area contributed by atoms with Gasteiger partial charge in [-0.15, -0.1) is 0 Å². The summed E-state index contributed by atoms with van der Waals surface area (Å²) in [4.78, 5) is 27.8. The van der Waals surface area contributed by atoms with E-state index in [-0.39, 0.29) is 18.2 Å². The van der Waals surface area contributed by atoms with Crippen LogP contribution >= 0.6 is 0 Å². The number of rotatable bonds is 9. The van der Waals surface area contributed by atoms with E-state index in [0.29, 0.717) is 18.0 Å². The number of anilines is 1. The molecule has 0 saturated carbocycles. The molecule has 0 spiro atoms. The second-order valence-corrected chi connectivity index (χ2v) is 7.43. The van der Waals surface area contributed by atoms with E-state index in [2.05, 4.69) is 5.32 Å². The smallest absolute Gasteiger partial charge is 0.246 e. The van der Waals surface area contributed by atoms with Crippen molar-refractivity contribution in [2.75, 3.05) is 19.5 Å². The molecule has 0 aliphatic rings. The molecule has 32 heavy (non-hydrogen) atoms. The minimum Gasteiger partial charge on any atom is -0.497 e. The van der Waals surface area contributed by atoms with Crippen LogP contribution in [0.25, 0.3) is 0 Å². The maximum absolute atomic E-state index is 13.2. The van der Waals surface area contributed by atoms with E-state index >= 15 is 0 Å². The summed E-state index contributed by atoms with van der Waals surface area (Å²) in [5.41, 5.74) is 2.46. The Morgan fingerprint density at radius 1 is 0.812 bits per heavy atom. The van der Waals surface area contributed by atoms with Gasteiger partial charge in [-0.2, -0.15) is 0 Å². The number of hydrogen-bond donors (Lipinski definition) is 1. The van der Waals surface area contributed by atoms with Crippen molar-refractivity contribution in [3.8, 4) is 11.5 Å². The molecular formula is C26H28N2O4. The molecule has 3 aromatic carbocycles. The van der Waals surface area contributed by atoms with Crippen molar-refractivity contribution in [1.29, 1.82) is 0 Å². The number of hydrogen-bond acceptors (Lipinski definition) is 4. The van der Waals surface area contributed by atoms with Crippen molar-refractivity contribution in [2.24, 2.45) is 0 Å². The summed E-state index contributed by atoms with van der Waals surface area (Å²) in [5, 5.41) is 2.89. The Bertz CT molecular complexity index is 1020. The zero-order valence-electron chi connectivity index (χ0n) is 18.6. The summed E-state index contributed by atoms with van der Waals surface area (Å²) in [5.74, 6) is 1.06. The Labute approximate surface area is 188 Å². The predicted molar refractivity (Wildman–Crippen MR) is 125 cm³/mol. The molecule has 6 heteroatoms. The molecule has 0 saturated heterocycles. The Hall–Kier alpha value is -3.80. The minimum absolute atomic E-state index is 0.121. The van der Waals surface area contributed by atoms with Gasteiger partial charge in [0, 0.05) is 12.2 Å². The molecule has 166 valence electrons. The number of nitrogens with zero attached hydrogens (tertiary/aromatic N) is 1. The van der Waals surface area contributed by atoms with Gasteiger partial charge in [0.05, 0.1) is 20.6 Å². The number of benzene rings is 3. The molecule has 0 aromatic heterocycles. The lowest BCUT2D eigenvalue weighted by molar-refractivity contribution is -0.138. The van der Waals surface area contributed by atoms with Crippen LogP contribution in [0.15, 0.2) is 78.9 Å². The highest BCUT2D eigenvalue weighted by atomic mass is 16.5. The Morgan fingerprint density at radius 2 is 1.38 bits per heavy atom. The summed E-state index contributed by atoms with van der Waals surface area (Å²) >= 11 is 0. The van der Waals surface area contributed by atoms with E-state index in [4.69, 9.17) is 9.47 Å². The maximum atomic E-state index is 13.2. The molecule has 0 aliphatic heterocycles. The first-order valence-corrected chi connectivity index (χ1v) is 10.4. The standard InChI is InChI=1S/C26H28N2O4/c1-19(26(30)27-22-11-15-24(32-3)16-12-22)28(18-21-9-13-23(31-2)14-10-21)25(29)17-20-7-5-4-6-8-20/h4-16,19H,17-18H2,1-3H3,(H,27,30). The Kier molecular flexibility index (Phi) is 7.86. The third-order valence-corrected chi connectivity index (χ3v) is 5.24. The van der Waals surface area contributed by atoms with Gasteiger partial charge < -0.3 is 19.7 Å². The first-order chi connectivity index (χ1) is 15.5. The highest BCUT2D eigenvalue weighted by Crippen LogP contribution is 2.18. The summed E-state index contributed by atoms with van der Waals surface area (Å²) in [6.07, 6.45) is 0.219. The second kappa shape index (κ2) is 11.0. The van der Waals surface area contributed by atoms with Gasteiger partial charge in [-0.3, -0.25) is 9.59 Å². The normalized spacial score (nSPS) is 11.3. The van der Waals surface area contributed by atoms with Crippen molar-refractivity contribution >= 4 is 17.5 Å². The third kappa shape index (κ3) is 6.11. The lowest BCUT2D eigenvalue weighted by Gasteiger charge is -2.29. The molecule has 1 N–H and O–H groups in total. The average molecular weight is 433 g/mol. The van der Waals surface area contributed by atoms with Crippen LogP contribution in [0.4, 0.5) is 5.69 Å². The molecule has 1 unspecified atom stereocenters. The van der Waals surface area contributed by atoms with Gasteiger partial charge in [-0.1, -0.05) is 42.5 Å². The van der Waals surface area contributed by atoms with Crippen molar-refractivity contribution in [3.63, 3.8) is 0 Å². The molecule has 0 bridgehead atoms. The molecule has 0 aliphatic carbocycles. The topological polar surface area (TPSA) is 67.9 Å². The zero-order valence-corrected chi connectivity index (χ0v) is 18.6. The minimum atomic E-state index is -0.671. The van der Waals surface area contributed by atoms with Gasteiger partial charge in [0.25, 0.3) is 0 Å². The van der Waals surface area contributed by atoms with Crippen LogP contribution in [0, 0.1) is 0 Å². The molecule has 1 atom stereocenters. The van der Waals surface area contributed by atoms with Gasteiger partial charge in [-0.25, -0.2) is 0 Å². The van der Waals surface area contributed by atoms with E-state index in [9.17, 15) is 9.59 Å². The molecular weight excluding hydrogens is 404 g/mol. The Morgan fingerprint density at radius 3 is 1.94 bits per heavy atom. The monoisotopic (exact) mass is 432 g/mol. The van der Waals surface area contributed by atoms with Gasteiger partial charge in [0.15, 0.2) is 0 Å². The lowest BCUT2D eigenvalue weighted by atomic mass is 10.1. The van der Waals surface area contributed by atoms with E-state index < -0.39 is 6.04 Å². The fourth-order valence-corrected chi connectivity index (χ4v) is 3.30. The van der Waals surface area contributed by atoms with Crippen molar-refractivity contribution < 1.29 is 19.1 Å². The highest BCUT2D eigenvalue weighted by Gasteiger charge is 2.26. The quantitative estimate of drug-likeness (QED) is 0.547. The van der Waals surface area contributed by atoms with Gasteiger partial charge in [-0.05, 0) is 54.4 Å². The first kappa shape index (κ1) is 22.9. The summed E-state index contributed by atoms with van der Waals surface area (Å²) in [6, 6.07) is 23.4. The molecule has 0 radical (unpaired) electrons. The fraction of sp³-hybridized carbons (Fsp3) is 0.231. The summed E-state index contributed by atoms with van der Waals surface area (Å²) in [6.45, 7) is 2.05. The number of ether oxygens (including phenoxy) is 2. The largest absolute Gasteiger partial charge is 0.497 e. The van der Waals surface area contributed by atoms with Crippen LogP contribution in [-0.2, 0) is 22.6 Å². The Balaban J connectivity index is 1.78. The van der Waals surface area contributed by atoms with E-state index in [0.717, 1.165) is 16.9 Å². The zero-order chi connectivity index (χ0) is 22.9. The highest BCUT2D eigenvalue weighted by molar-refractivity contribution is 5.97. The van der Waals surface area contributed by atoms with Crippen molar-refractivity contribution in [1.82, 2.24) is 4.90 Å². The van der Waals surface area contributed by atoms with Gasteiger partial charge >= 0.3 is 0 Å². The van der Waals surface area contributed by atoms with Crippen LogP contribution in [0.3, 0.4) is 0 Å². The van der Waals surface area contributed by atoms with E-state index in [1.54, 1.807) is 50.3 Å². The molecule has 2 amide bonds. The van der Waals surface area contributed by atoms with E-state index in [1.807, 2.05) is 54.6 Å². The number of nitrogens with one attached hydrogen (secondary N) is 1. The predicted octanol–water partition coefficient (Wildman–Crippen LogP) is 4.30. The number of carbonyl (C=O) groups excluding carboxylic acids is 2. The van der Waals surface area contributed by atoms with Crippen molar-refractivity contribution in [3.05, 3.63) is 90.0 Å². The van der Waals surface area contributed by atoms with Crippen LogP contribution in [-0.4, -0.2) is 37.0 Å². The fourth-order valence-electron chi connectivity index (χ4n) is 3.30. The second-order valence-electron chi connectivity index (χ2n) is 7.43. The van der Waals surface area contributed by atoms with Crippen LogP contribution in [0.1, 0.15) is 18.1 Å². The number of amides is 2. The van der Waals surface area contributed by atoms with Crippen molar-refractivity contribution in [2.45, 2.75) is 25.9 Å². The van der Waals surface area contributed by atoms with Crippen LogP contribution in [0.2, 0.25) is 0 Å². The molecule has 6 nitrogen and oxygen atoms in total. The van der Waals surface area contributed by atoms with Crippen LogP contribution in [0.5, 0.6) is 11.5 Å². The molecule has 3 rings (SSSR count). The molecule has 0 heterocycles. The van der Waals surface area contributed by atoms with Gasteiger partial charge in [0.2, 0.25) is 11.8 Å². The maximum Gasteiger partial charge on any atom is 0.246 e. The number of carbonyl (C=O) groups is 2. The SMILES string of the molecule is COc1ccc(CN(C(=O)Cc2ccccc2)C(C)C(=O)Nc2ccc(OC)cc2)cc1. The first-order valence-electron chi connectivity index (χ1n) is 10.4. The summed E-state index contributed by atoms with van der Waals surface area (Å²) < 4.78 is 10.4. The lowest BCUT2D eigenvalue weighted by Crippen LogP contribution is -2.45. The molecule has 0 fully saturated rings. The van der Waals surface area contributed by atoms with Crippen LogP contribution < -0.4 is 14.8 Å². The van der Waals surface area contributed by atoms with E-state index in [1.165, 1.54) is 0 Å². The van der Waals surface area contributed by atoms with Gasteiger partial charge in [0.1, 0.15) is 17.5 Å². The molecule has 3 aromatic rings. The average Bonchev–Trinajstić information content (AvgIpc) is 2.83. The summed E-state index contributed by atoms with van der Waals surface area (Å²) in [7, 11) is 3.20.